The number of nitrogens with two attached hydrogens (primary N) is 1. The minimum absolute atomic E-state index is 0.101. The smallest absolute Gasteiger partial charge is 0.313 e. The predicted octanol–water partition coefficient (Wildman–Crippen LogP) is 2.34. The van der Waals surface area contributed by atoms with Gasteiger partial charge in [0.1, 0.15) is 0 Å². The molecule has 1 fully saturated rings. The van der Waals surface area contributed by atoms with Crippen molar-refractivity contribution in [2.24, 2.45) is 23.0 Å². The summed E-state index contributed by atoms with van der Waals surface area (Å²) in [6.07, 6.45) is 5.41. The van der Waals surface area contributed by atoms with Gasteiger partial charge >= 0.3 is 5.97 Å². The van der Waals surface area contributed by atoms with Crippen LogP contribution in [0.1, 0.15) is 46.0 Å². The third kappa shape index (κ3) is 2.57. The molecule has 0 heterocycles. The van der Waals surface area contributed by atoms with Crippen molar-refractivity contribution in [2.75, 3.05) is 13.7 Å². The number of methoxy groups -OCH3 is 1. The lowest BCUT2D eigenvalue weighted by atomic mass is 9.69. The van der Waals surface area contributed by atoms with Crippen LogP contribution in [0, 0.1) is 17.3 Å². The highest BCUT2D eigenvalue weighted by molar-refractivity contribution is 5.77. The number of hydrogen-bond donors (Lipinski definition) is 1. The molecule has 1 rings (SSSR count). The average Bonchev–Trinajstić information content (AvgIpc) is 3.11. The van der Waals surface area contributed by atoms with Crippen molar-refractivity contribution in [1.29, 1.82) is 0 Å². The van der Waals surface area contributed by atoms with Crippen molar-refractivity contribution in [3.05, 3.63) is 0 Å². The molecule has 2 N–H and O–H groups in total. The first-order valence-electron chi connectivity index (χ1n) is 6.43. The van der Waals surface area contributed by atoms with Crippen molar-refractivity contribution < 1.29 is 9.53 Å². The molecule has 0 aromatic heterocycles. The van der Waals surface area contributed by atoms with Crippen LogP contribution in [0.5, 0.6) is 0 Å². The Morgan fingerprint density at radius 2 is 2.00 bits per heavy atom. The molecule has 0 amide bonds. The summed E-state index contributed by atoms with van der Waals surface area (Å²) in [4.78, 5) is 12.1. The van der Waals surface area contributed by atoms with Crippen LogP contribution in [-0.2, 0) is 9.53 Å². The third-order valence-electron chi connectivity index (χ3n) is 4.07. The number of rotatable bonds is 7. The molecule has 1 aliphatic rings. The van der Waals surface area contributed by atoms with Crippen LogP contribution in [0.4, 0.5) is 0 Å². The summed E-state index contributed by atoms with van der Waals surface area (Å²) in [7, 11) is 1.47. The number of esters is 1. The van der Waals surface area contributed by atoms with Crippen LogP contribution in [-0.4, -0.2) is 19.6 Å². The predicted molar refractivity (Wildman–Crippen MR) is 64.9 cm³/mol. The summed E-state index contributed by atoms with van der Waals surface area (Å²) in [6.45, 7) is 4.69. The molecule has 0 aliphatic heterocycles. The van der Waals surface area contributed by atoms with Crippen molar-refractivity contribution in [3.8, 4) is 0 Å². The lowest BCUT2D eigenvalue weighted by Crippen LogP contribution is -2.46. The molecule has 0 spiro atoms. The molecule has 3 heteroatoms. The van der Waals surface area contributed by atoms with E-state index < -0.39 is 5.41 Å². The van der Waals surface area contributed by atoms with Crippen LogP contribution in [0.3, 0.4) is 0 Å². The van der Waals surface area contributed by atoms with Gasteiger partial charge in [0, 0.05) is 6.54 Å². The van der Waals surface area contributed by atoms with E-state index in [2.05, 4.69) is 13.8 Å². The molecule has 1 unspecified atom stereocenters. The van der Waals surface area contributed by atoms with Gasteiger partial charge in [-0.15, -0.1) is 0 Å². The molecule has 94 valence electrons. The van der Waals surface area contributed by atoms with Crippen LogP contribution < -0.4 is 5.73 Å². The van der Waals surface area contributed by atoms with E-state index in [-0.39, 0.29) is 5.97 Å². The maximum Gasteiger partial charge on any atom is 0.313 e. The molecule has 1 atom stereocenters. The van der Waals surface area contributed by atoms with Gasteiger partial charge in [-0.1, -0.05) is 39.5 Å². The molecular formula is C13H25NO2. The van der Waals surface area contributed by atoms with E-state index in [1.54, 1.807) is 0 Å². The fourth-order valence-electron chi connectivity index (χ4n) is 2.86. The van der Waals surface area contributed by atoms with Gasteiger partial charge < -0.3 is 10.5 Å². The Balaban J connectivity index is 2.88. The zero-order chi connectivity index (χ0) is 12.2. The molecular weight excluding hydrogens is 202 g/mol. The van der Waals surface area contributed by atoms with E-state index in [1.807, 2.05) is 0 Å². The zero-order valence-corrected chi connectivity index (χ0v) is 10.8. The number of hydrogen-bond acceptors (Lipinski definition) is 3. The average molecular weight is 227 g/mol. The van der Waals surface area contributed by atoms with Crippen LogP contribution in [0.25, 0.3) is 0 Å². The highest BCUT2D eigenvalue weighted by Gasteiger charge is 2.47. The second-order valence-corrected chi connectivity index (χ2v) is 5.01. The van der Waals surface area contributed by atoms with Gasteiger partial charge in [-0.05, 0) is 18.3 Å². The largest absolute Gasteiger partial charge is 0.469 e. The Kier molecular flexibility index (Phi) is 4.78. The minimum Gasteiger partial charge on any atom is -0.469 e. The first-order chi connectivity index (χ1) is 7.64. The van der Waals surface area contributed by atoms with E-state index in [0.717, 1.165) is 19.3 Å². The van der Waals surface area contributed by atoms with Gasteiger partial charge in [0.25, 0.3) is 0 Å². The first kappa shape index (κ1) is 13.5. The number of ether oxygens (including phenoxy) is 1. The van der Waals surface area contributed by atoms with Crippen molar-refractivity contribution in [3.63, 3.8) is 0 Å². The van der Waals surface area contributed by atoms with E-state index in [0.29, 0.717) is 18.4 Å². The van der Waals surface area contributed by atoms with Gasteiger partial charge in [-0.25, -0.2) is 0 Å². The Labute approximate surface area is 98.7 Å². The summed E-state index contributed by atoms with van der Waals surface area (Å²) < 4.78 is 5.00. The van der Waals surface area contributed by atoms with Gasteiger partial charge in [0.15, 0.2) is 0 Å². The van der Waals surface area contributed by atoms with E-state index in [1.165, 1.54) is 20.0 Å². The van der Waals surface area contributed by atoms with Crippen LogP contribution >= 0.6 is 0 Å². The van der Waals surface area contributed by atoms with E-state index in [9.17, 15) is 4.79 Å². The first-order valence-corrected chi connectivity index (χ1v) is 6.43. The second kappa shape index (κ2) is 5.67. The fraction of sp³-hybridized carbons (Fsp3) is 0.923. The molecule has 0 saturated heterocycles. The van der Waals surface area contributed by atoms with E-state index in [4.69, 9.17) is 10.5 Å². The second-order valence-electron chi connectivity index (χ2n) is 5.01. The summed E-state index contributed by atoms with van der Waals surface area (Å²) >= 11 is 0. The summed E-state index contributed by atoms with van der Waals surface area (Å²) in [5, 5.41) is 0. The number of carbonyl (C=O) groups is 1. The van der Waals surface area contributed by atoms with Gasteiger partial charge in [-0.2, -0.15) is 0 Å². The van der Waals surface area contributed by atoms with Gasteiger partial charge in [0.05, 0.1) is 12.5 Å². The lowest BCUT2D eigenvalue weighted by Gasteiger charge is -2.36. The summed E-state index contributed by atoms with van der Waals surface area (Å²) in [6, 6.07) is 0. The standard InChI is InChI=1S/C13H25NO2/c1-4-11(5-2)13(9-14,12(15)16-3)8-10-6-7-10/h10-11H,4-9,14H2,1-3H3. The number of carbonyl (C=O) groups excluding carboxylic acids is 1. The topological polar surface area (TPSA) is 52.3 Å². The van der Waals surface area contributed by atoms with Gasteiger partial charge in [-0.3, -0.25) is 4.79 Å². The van der Waals surface area contributed by atoms with Crippen LogP contribution in [0.2, 0.25) is 0 Å². The normalized spacial score (nSPS) is 19.6. The Hall–Kier alpha value is -0.570. The molecule has 0 aromatic rings. The summed E-state index contributed by atoms with van der Waals surface area (Å²) in [5.41, 5.74) is 5.48. The molecule has 1 saturated carbocycles. The third-order valence-corrected chi connectivity index (χ3v) is 4.07. The SMILES string of the molecule is CCC(CC)C(CN)(CC1CC1)C(=O)OC. The lowest BCUT2D eigenvalue weighted by molar-refractivity contribution is -0.157. The molecule has 0 radical (unpaired) electrons. The Bertz CT molecular complexity index is 234. The van der Waals surface area contributed by atoms with Crippen molar-refractivity contribution in [2.45, 2.75) is 46.0 Å². The molecule has 1 aliphatic carbocycles. The maximum absolute atomic E-state index is 12.1. The monoisotopic (exact) mass is 227 g/mol. The van der Waals surface area contributed by atoms with Gasteiger partial charge in [0.2, 0.25) is 0 Å². The minimum atomic E-state index is -0.431. The fourth-order valence-corrected chi connectivity index (χ4v) is 2.86. The van der Waals surface area contributed by atoms with Crippen molar-refractivity contribution >= 4 is 5.97 Å². The quantitative estimate of drug-likeness (QED) is 0.679. The molecule has 0 bridgehead atoms. The highest BCUT2D eigenvalue weighted by atomic mass is 16.5. The Morgan fingerprint density at radius 3 is 2.31 bits per heavy atom. The van der Waals surface area contributed by atoms with Crippen molar-refractivity contribution in [1.82, 2.24) is 0 Å². The highest BCUT2D eigenvalue weighted by Crippen LogP contribution is 2.46. The summed E-state index contributed by atoms with van der Waals surface area (Å²) in [5.74, 6) is 0.949. The van der Waals surface area contributed by atoms with E-state index >= 15 is 0 Å². The van der Waals surface area contributed by atoms with Crippen LogP contribution in [0.15, 0.2) is 0 Å². The maximum atomic E-state index is 12.1. The molecule has 0 aromatic carbocycles. The zero-order valence-electron chi connectivity index (χ0n) is 10.8. The molecule has 3 nitrogen and oxygen atoms in total. The Morgan fingerprint density at radius 1 is 1.44 bits per heavy atom. The molecule has 16 heavy (non-hydrogen) atoms.